The third-order valence-corrected chi connectivity index (χ3v) is 4.43. The van der Waals surface area contributed by atoms with Crippen LogP contribution in [0.2, 0.25) is 5.02 Å². The zero-order valence-electron chi connectivity index (χ0n) is 14.9. The van der Waals surface area contributed by atoms with Crippen LogP contribution in [0.15, 0.2) is 42.5 Å². The van der Waals surface area contributed by atoms with Crippen molar-refractivity contribution in [2.75, 3.05) is 33.1 Å². The van der Waals surface area contributed by atoms with Gasteiger partial charge in [0.1, 0.15) is 11.5 Å². The Morgan fingerprint density at radius 2 is 1.92 bits per heavy atom. The van der Waals surface area contributed by atoms with E-state index >= 15 is 0 Å². The van der Waals surface area contributed by atoms with Gasteiger partial charge in [-0.05, 0) is 37.7 Å². The van der Waals surface area contributed by atoms with E-state index in [1.807, 2.05) is 43.1 Å². The van der Waals surface area contributed by atoms with Crippen molar-refractivity contribution in [3.05, 3.63) is 53.1 Å². The van der Waals surface area contributed by atoms with Crippen molar-refractivity contribution >= 4 is 23.2 Å². The molecule has 0 saturated carbocycles. The molecule has 0 aliphatic rings. The summed E-state index contributed by atoms with van der Waals surface area (Å²) in [4.78, 5) is 14.4. The Bertz CT molecular complexity index is 736. The van der Waals surface area contributed by atoms with E-state index in [0.29, 0.717) is 22.2 Å². The molecule has 0 bridgehead atoms. The Hall–Kier alpha value is -2.24. The predicted molar refractivity (Wildman–Crippen MR) is 101 cm³/mol. The van der Waals surface area contributed by atoms with Gasteiger partial charge in [0.15, 0.2) is 0 Å². The van der Waals surface area contributed by atoms with Crippen LogP contribution in [0.1, 0.15) is 18.5 Å². The summed E-state index contributed by atoms with van der Waals surface area (Å²) in [6.45, 7) is 2.23. The number of rotatable bonds is 7. The van der Waals surface area contributed by atoms with Crippen molar-refractivity contribution in [3.63, 3.8) is 0 Å². The molecule has 1 N–H and O–H groups in total. The Kier molecular flexibility index (Phi) is 6.67. The molecule has 0 aromatic heterocycles. The zero-order valence-corrected chi connectivity index (χ0v) is 15.6. The molecular formula is C19H23ClN2O3. The summed E-state index contributed by atoms with van der Waals surface area (Å²) in [5.74, 6) is 1.08. The monoisotopic (exact) mass is 362 g/mol. The Morgan fingerprint density at radius 1 is 1.20 bits per heavy atom. The highest BCUT2D eigenvalue weighted by atomic mass is 35.5. The van der Waals surface area contributed by atoms with Crippen LogP contribution in [0.3, 0.4) is 0 Å². The summed E-state index contributed by atoms with van der Waals surface area (Å²) in [7, 11) is 5.02. The number of hydrogen-bond donors (Lipinski definition) is 1. The Balaban J connectivity index is 2.06. The Morgan fingerprint density at radius 3 is 2.56 bits per heavy atom. The standard InChI is InChI=1S/C19H23ClN2O3/c1-13(15-7-5-6-8-16(15)20)22(2)12-19(23)21-17-11-14(24-3)9-10-18(17)25-4/h5-11,13H,12H2,1-4H3,(H,21,23). The van der Waals surface area contributed by atoms with E-state index in [-0.39, 0.29) is 18.5 Å². The zero-order chi connectivity index (χ0) is 18.4. The van der Waals surface area contributed by atoms with Crippen LogP contribution in [-0.2, 0) is 4.79 Å². The molecule has 2 aromatic rings. The molecule has 0 aliphatic heterocycles. The minimum atomic E-state index is -0.145. The fraction of sp³-hybridized carbons (Fsp3) is 0.316. The summed E-state index contributed by atoms with van der Waals surface area (Å²) in [5.41, 5.74) is 1.56. The van der Waals surface area contributed by atoms with Crippen molar-refractivity contribution in [1.29, 1.82) is 0 Å². The predicted octanol–water partition coefficient (Wildman–Crippen LogP) is 3.99. The number of nitrogens with zero attached hydrogens (tertiary/aromatic N) is 1. The lowest BCUT2D eigenvalue weighted by Gasteiger charge is -2.25. The van der Waals surface area contributed by atoms with E-state index in [2.05, 4.69) is 5.32 Å². The van der Waals surface area contributed by atoms with Crippen LogP contribution in [0.5, 0.6) is 11.5 Å². The SMILES string of the molecule is COc1ccc(OC)c(NC(=O)CN(C)C(C)c2ccccc2Cl)c1. The highest BCUT2D eigenvalue weighted by Crippen LogP contribution is 2.29. The van der Waals surface area contributed by atoms with Gasteiger partial charge in [-0.25, -0.2) is 0 Å². The second kappa shape index (κ2) is 8.74. The highest BCUT2D eigenvalue weighted by molar-refractivity contribution is 6.31. The van der Waals surface area contributed by atoms with Crippen LogP contribution in [0.25, 0.3) is 0 Å². The second-order valence-corrected chi connectivity index (χ2v) is 6.13. The molecule has 1 amide bonds. The number of likely N-dealkylation sites (N-methyl/N-ethyl adjacent to an activating group) is 1. The normalized spacial score (nSPS) is 11.9. The van der Waals surface area contributed by atoms with E-state index in [1.54, 1.807) is 32.4 Å². The van der Waals surface area contributed by atoms with Crippen molar-refractivity contribution in [1.82, 2.24) is 4.90 Å². The largest absolute Gasteiger partial charge is 0.497 e. The fourth-order valence-corrected chi connectivity index (χ4v) is 2.81. The molecule has 2 rings (SSSR count). The first-order valence-electron chi connectivity index (χ1n) is 7.92. The lowest BCUT2D eigenvalue weighted by molar-refractivity contribution is -0.117. The number of carbonyl (C=O) groups excluding carboxylic acids is 1. The number of anilines is 1. The summed E-state index contributed by atoms with van der Waals surface area (Å²) in [6.07, 6.45) is 0. The number of amides is 1. The van der Waals surface area contributed by atoms with Crippen LogP contribution in [0, 0.1) is 0 Å². The van der Waals surface area contributed by atoms with Crippen molar-refractivity contribution in [2.24, 2.45) is 0 Å². The molecule has 2 aromatic carbocycles. The molecule has 134 valence electrons. The summed E-state index contributed by atoms with van der Waals surface area (Å²) in [5, 5.41) is 3.56. The van der Waals surface area contributed by atoms with Gasteiger partial charge in [0, 0.05) is 17.1 Å². The molecule has 25 heavy (non-hydrogen) atoms. The third kappa shape index (κ3) is 4.87. The van der Waals surface area contributed by atoms with Gasteiger partial charge < -0.3 is 14.8 Å². The molecule has 0 fully saturated rings. The quantitative estimate of drug-likeness (QED) is 0.809. The number of carbonyl (C=O) groups is 1. The number of methoxy groups -OCH3 is 2. The smallest absolute Gasteiger partial charge is 0.238 e. The molecule has 0 heterocycles. The van der Waals surface area contributed by atoms with Gasteiger partial charge in [-0.3, -0.25) is 9.69 Å². The third-order valence-electron chi connectivity index (χ3n) is 4.09. The van der Waals surface area contributed by atoms with Gasteiger partial charge in [-0.1, -0.05) is 29.8 Å². The highest BCUT2D eigenvalue weighted by Gasteiger charge is 2.18. The molecule has 6 heteroatoms. The van der Waals surface area contributed by atoms with Gasteiger partial charge >= 0.3 is 0 Å². The minimum absolute atomic E-state index is 0.00616. The number of ether oxygens (including phenoxy) is 2. The summed E-state index contributed by atoms with van der Waals surface area (Å²) < 4.78 is 10.5. The number of benzene rings is 2. The molecule has 1 atom stereocenters. The van der Waals surface area contributed by atoms with E-state index < -0.39 is 0 Å². The summed E-state index contributed by atoms with van der Waals surface area (Å²) >= 11 is 6.24. The fourth-order valence-electron chi connectivity index (χ4n) is 2.52. The molecule has 1 unspecified atom stereocenters. The lowest BCUT2D eigenvalue weighted by Crippen LogP contribution is -2.32. The van der Waals surface area contributed by atoms with Gasteiger partial charge in [0.25, 0.3) is 0 Å². The number of nitrogens with one attached hydrogen (secondary N) is 1. The van der Waals surface area contributed by atoms with Crippen LogP contribution in [-0.4, -0.2) is 38.6 Å². The average molecular weight is 363 g/mol. The maximum Gasteiger partial charge on any atom is 0.238 e. The number of hydrogen-bond acceptors (Lipinski definition) is 4. The lowest BCUT2D eigenvalue weighted by atomic mass is 10.1. The van der Waals surface area contributed by atoms with Gasteiger partial charge in [-0.15, -0.1) is 0 Å². The van der Waals surface area contributed by atoms with E-state index in [9.17, 15) is 4.79 Å². The van der Waals surface area contributed by atoms with Crippen molar-refractivity contribution in [3.8, 4) is 11.5 Å². The van der Waals surface area contributed by atoms with Crippen LogP contribution in [0.4, 0.5) is 5.69 Å². The van der Waals surface area contributed by atoms with E-state index in [4.69, 9.17) is 21.1 Å². The topological polar surface area (TPSA) is 50.8 Å². The molecule has 0 spiro atoms. The van der Waals surface area contributed by atoms with Crippen LogP contribution < -0.4 is 14.8 Å². The van der Waals surface area contributed by atoms with Gasteiger partial charge in [-0.2, -0.15) is 0 Å². The van der Waals surface area contributed by atoms with Crippen LogP contribution >= 0.6 is 11.6 Å². The molecule has 5 nitrogen and oxygen atoms in total. The first-order chi connectivity index (χ1) is 12.0. The maximum atomic E-state index is 12.4. The molecule has 0 aliphatic carbocycles. The molecule has 0 saturated heterocycles. The number of halogens is 1. The minimum Gasteiger partial charge on any atom is -0.497 e. The Labute approximate surface area is 153 Å². The van der Waals surface area contributed by atoms with Gasteiger partial charge in [0.2, 0.25) is 5.91 Å². The first kappa shape index (κ1) is 19.1. The summed E-state index contributed by atoms with van der Waals surface area (Å²) in [6, 6.07) is 12.9. The maximum absolute atomic E-state index is 12.4. The average Bonchev–Trinajstić information content (AvgIpc) is 2.61. The van der Waals surface area contributed by atoms with E-state index in [0.717, 1.165) is 5.56 Å². The first-order valence-corrected chi connectivity index (χ1v) is 8.30. The van der Waals surface area contributed by atoms with Crippen molar-refractivity contribution in [2.45, 2.75) is 13.0 Å². The second-order valence-electron chi connectivity index (χ2n) is 5.73. The molecular weight excluding hydrogens is 340 g/mol. The van der Waals surface area contributed by atoms with Gasteiger partial charge in [0.05, 0.1) is 26.5 Å². The van der Waals surface area contributed by atoms with Crippen molar-refractivity contribution < 1.29 is 14.3 Å². The molecule has 0 radical (unpaired) electrons. The van der Waals surface area contributed by atoms with E-state index in [1.165, 1.54) is 0 Å².